The molecule has 176 valence electrons. The number of aromatic nitrogens is 2. The average Bonchev–Trinajstić information content (AvgIpc) is 2.89. The molecule has 1 fully saturated rings. The number of carbonyl (C=O) groups is 1. The van der Waals surface area contributed by atoms with Crippen LogP contribution in [0.4, 0.5) is 5.82 Å². The van der Waals surface area contributed by atoms with Crippen molar-refractivity contribution in [3.63, 3.8) is 0 Å². The molecule has 3 aromatic rings. The van der Waals surface area contributed by atoms with E-state index in [0.29, 0.717) is 44.3 Å². The van der Waals surface area contributed by atoms with Crippen LogP contribution in [0.2, 0.25) is 0 Å². The second-order valence-corrected chi connectivity index (χ2v) is 8.35. The first kappa shape index (κ1) is 22.0. The number of ether oxygens (including phenoxy) is 3. The summed E-state index contributed by atoms with van der Waals surface area (Å²) >= 11 is 0. The highest BCUT2D eigenvalue weighted by molar-refractivity contribution is 5.82. The zero-order chi connectivity index (χ0) is 23.5. The second kappa shape index (κ2) is 9.59. The predicted molar refractivity (Wildman–Crippen MR) is 128 cm³/mol. The highest BCUT2D eigenvalue weighted by Crippen LogP contribution is 2.34. The molecular formula is C26H28N4O4. The van der Waals surface area contributed by atoms with Crippen molar-refractivity contribution in [2.45, 2.75) is 26.1 Å². The molecule has 0 saturated carbocycles. The van der Waals surface area contributed by atoms with Gasteiger partial charge >= 0.3 is 0 Å². The van der Waals surface area contributed by atoms with Crippen LogP contribution < -0.4 is 19.1 Å². The number of rotatable bonds is 5. The van der Waals surface area contributed by atoms with Crippen molar-refractivity contribution in [2.24, 2.45) is 0 Å². The normalized spacial score (nSPS) is 19.6. The van der Waals surface area contributed by atoms with Gasteiger partial charge in [-0.3, -0.25) is 4.79 Å². The Balaban J connectivity index is 1.18. The number of piperazine rings is 1. The van der Waals surface area contributed by atoms with Crippen molar-refractivity contribution in [1.29, 1.82) is 0 Å². The fourth-order valence-electron chi connectivity index (χ4n) is 4.26. The van der Waals surface area contributed by atoms with Crippen LogP contribution >= 0.6 is 0 Å². The summed E-state index contributed by atoms with van der Waals surface area (Å²) < 4.78 is 17.4. The molecule has 3 heterocycles. The van der Waals surface area contributed by atoms with Gasteiger partial charge in [0.25, 0.3) is 5.91 Å². The van der Waals surface area contributed by atoms with Crippen LogP contribution in [0.5, 0.6) is 17.2 Å². The summed E-state index contributed by atoms with van der Waals surface area (Å²) in [5.41, 5.74) is 1.80. The van der Waals surface area contributed by atoms with E-state index in [-0.39, 0.29) is 12.0 Å². The van der Waals surface area contributed by atoms with Gasteiger partial charge in [-0.25, -0.2) is 0 Å². The third-order valence-electron chi connectivity index (χ3n) is 6.11. The molecule has 0 N–H and O–H groups in total. The molecule has 5 rings (SSSR count). The molecule has 0 aliphatic carbocycles. The fraction of sp³-hybridized carbons (Fsp3) is 0.346. The van der Waals surface area contributed by atoms with Crippen molar-refractivity contribution < 1.29 is 19.0 Å². The van der Waals surface area contributed by atoms with Crippen molar-refractivity contribution in [2.75, 3.05) is 37.7 Å². The second-order valence-electron chi connectivity index (χ2n) is 8.35. The number of para-hydroxylation sites is 2. The Morgan fingerprint density at radius 1 is 0.941 bits per heavy atom. The third kappa shape index (κ3) is 4.48. The van der Waals surface area contributed by atoms with Gasteiger partial charge in [0.1, 0.15) is 11.9 Å². The Morgan fingerprint density at radius 3 is 2.29 bits per heavy atom. The minimum absolute atomic E-state index is 0.0430. The highest BCUT2D eigenvalue weighted by atomic mass is 16.6. The zero-order valence-electron chi connectivity index (χ0n) is 19.4. The van der Waals surface area contributed by atoms with Crippen LogP contribution in [0.15, 0.2) is 60.7 Å². The molecule has 0 bridgehead atoms. The first-order valence-corrected chi connectivity index (χ1v) is 11.7. The SMILES string of the molecule is CCOc1ccc(-c2ccc(N3CCN(C(=O)C4Oc5ccccc5OC4C)CC3)nn2)cc1. The molecule has 0 radical (unpaired) electrons. The lowest BCUT2D eigenvalue weighted by atomic mass is 10.1. The van der Waals surface area contributed by atoms with Gasteiger partial charge in [-0.15, -0.1) is 10.2 Å². The molecule has 2 aromatic carbocycles. The van der Waals surface area contributed by atoms with E-state index < -0.39 is 6.10 Å². The van der Waals surface area contributed by atoms with E-state index in [4.69, 9.17) is 14.2 Å². The van der Waals surface area contributed by atoms with Crippen LogP contribution in [-0.2, 0) is 4.79 Å². The van der Waals surface area contributed by atoms with Crippen LogP contribution in [0, 0.1) is 0 Å². The maximum absolute atomic E-state index is 13.1. The van der Waals surface area contributed by atoms with E-state index in [1.54, 1.807) is 0 Å². The van der Waals surface area contributed by atoms with Gasteiger partial charge in [-0.2, -0.15) is 0 Å². The third-order valence-corrected chi connectivity index (χ3v) is 6.11. The highest BCUT2D eigenvalue weighted by Gasteiger charge is 2.37. The fourth-order valence-corrected chi connectivity index (χ4v) is 4.26. The smallest absolute Gasteiger partial charge is 0.267 e. The maximum atomic E-state index is 13.1. The largest absolute Gasteiger partial charge is 0.494 e. The number of fused-ring (bicyclic) bond motifs is 1. The van der Waals surface area contributed by atoms with Crippen molar-refractivity contribution in [3.8, 4) is 28.5 Å². The van der Waals surface area contributed by atoms with Gasteiger partial charge < -0.3 is 24.0 Å². The molecule has 8 heteroatoms. The summed E-state index contributed by atoms with van der Waals surface area (Å²) in [6.45, 7) is 7.02. The molecule has 1 saturated heterocycles. The topological polar surface area (TPSA) is 77.0 Å². The van der Waals surface area contributed by atoms with Gasteiger partial charge in [-0.05, 0) is 62.4 Å². The van der Waals surface area contributed by atoms with Gasteiger partial charge in [-0.1, -0.05) is 12.1 Å². The Kier molecular flexibility index (Phi) is 6.20. The summed E-state index contributed by atoms with van der Waals surface area (Å²) in [4.78, 5) is 17.1. The van der Waals surface area contributed by atoms with Crippen molar-refractivity contribution in [1.82, 2.24) is 15.1 Å². The number of carbonyl (C=O) groups excluding carboxylic acids is 1. The maximum Gasteiger partial charge on any atom is 0.267 e. The number of amides is 1. The Hall–Kier alpha value is -3.81. The van der Waals surface area contributed by atoms with Crippen molar-refractivity contribution in [3.05, 3.63) is 60.7 Å². The molecule has 8 nitrogen and oxygen atoms in total. The molecule has 34 heavy (non-hydrogen) atoms. The van der Waals surface area contributed by atoms with Gasteiger partial charge in [0.05, 0.1) is 12.3 Å². The summed E-state index contributed by atoms with van der Waals surface area (Å²) in [7, 11) is 0. The van der Waals surface area contributed by atoms with Gasteiger partial charge in [0.2, 0.25) is 6.10 Å². The van der Waals surface area contributed by atoms with Crippen LogP contribution in [0.25, 0.3) is 11.3 Å². The quantitative estimate of drug-likeness (QED) is 0.577. The van der Waals surface area contributed by atoms with E-state index in [0.717, 1.165) is 22.8 Å². The molecular weight excluding hydrogens is 432 g/mol. The number of hydrogen-bond donors (Lipinski definition) is 0. The van der Waals surface area contributed by atoms with E-state index in [1.807, 2.05) is 79.4 Å². The standard InChI is InChI=1S/C26H28N4O4/c1-3-32-20-10-8-19(9-11-20)21-12-13-24(28-27-21)29-14-16-30(17-15-29)26(31)25-18(2)33-22-6-4-5-7-23(22)34-25/h4-13,18,25H,3,14-17H2,1-2H3. The first-order valence-electron chi connectivity index (χ1n) is 11.7. The minimum atomic E-state index is -0.644. The molecule has 2 aliphatic heterocycles. The van der Waals surface area contributed by atoms with Crippen LogP contribution in [0.3, 0.4) is 0 Å². The Morgan fingerprint density at radius 2 is 1.65 bits per heavy atom. The molecule has 2 unspecified atom stereocenters. The number of anilines is 1. The predicted octanol–water partition coefficient (Wildman–Crippen LogP) is 3.42. The monoisotopic (exact) mass is 460 g/mol. The number of benzene rings is 2. The van der Waals surface area contributed by atoms with E-state index in [1.165, 1.54) is 0 Å². The minimum Gasteiger partial charge on any atom is -0.494 e. The first-order chi connectivity index (χ1) is 16.6. The average molecular weight is 461 g/mol. The van der Waals surface area contributed by atoms with Gasteiger partial charge in [0, 0.05) is 31.7 Å². The van der Waals surface area contributed by atoms with Crippen molar-refractivity contribution >= 4 is 11.7 Å². The number of hydrogen-bond acceptors (Lipinski definition) is 7. The molecule has 1 amide bonds. The van der Waals surface area contributed by atoms with E-state index in [2.05, 4.69) is 15.1 Å². The lowest BCUT2D eigenvalue weighted by Crippen LogP contribution is -2.56. The van der Waals surface area contributed by atoms with Crippen LogP contribution in [0.1, 0.15) is 13.8 Å². The Labute approximate surface area is 199 Å². The summed E-state index contributed by atoms with van der Waals surface area (Å²) in [5, 5.41) is 8.84. The molecule has 0 spiro atoms. The van der Waals surface area contributed by atoms with E-state index >= 15 is 0 Å². The summed E-state index contributed by atoms with van der Waals surface area (Å²) in [6, 6.07) is 19.2. The van der Waals surface area contributed by atoms with Crippen LogP contribution in [-0.4, -0.2) is 66.0 Å². The molecule has 2 aliphatic rings. The lowest BCUT2D eigenvalue weighted by molar-refractivity contribution is -0.144. The van der Waals surface area contributed by atoms with Gasteiger partial charge in [0.15, 0.2) is 17.3 Å². The lowest BCUT2D eigenvalue weighted by Gasteiger charge is -2.39. The summed E-state index contributed by atoms with van der Waals surface area (Å²) in [6.07, 6.45) is -0.990. The number of nitrogens with zero attached hydrogens (tertiary/aromatic N) is 4. The Bertz CT molecular complexity index is 1130. The zero-order valence-corrected chi connectivity index (χ0v) is 19.4. The summed E-state index contributed by atoms with van der Waals surface area (Å²) in [5.74, 6) is 2.89. The molecule has 2 atom stereocenters. The molecule has 1 aromatic heterocycles. The van der Waals surface area contributed by atoms with E-state index in [9.17, 15) is 4.79 Å².